The number of amides is 2. The molecule has 0 heterocycles. The predicted octanol–water partition coefficient (Wildman–Crippen LogP) is 6.05. The molecule has 0 radical (unpaired) electrons. The number of rotatable bonds is 11. The summed E-state index contributed by atoms with van der Waals surface area (Å²) >= 11 is 7.64. The molecule has 1 N–H and O–H groups in total. The summed E-state index contributed by atoms with van der Waals surface area (Å²) in [6.45, 7) is 6.29. The van der Waals surface area contributed by atoms with E-state index in [4.69, 9.17) is 11.6 Å². The lowest BCUT2D eigenvalue weighted by Crippen LogP contribution is -2.52. The molecule has 0 aromatic heterocycles. The molecule has 4 nitrogen and oxygen atoms in total. The summed E-state index contributed by atoms with van der Waals surface area (Å²) in [5, 5.41) is 3.72. The first-order chi connectivity index (χ1) is 16.8. The number of carbonyl (C=O) groups excluding carboxylic acids is 2. The van der Waals surface area contributed by atoms with Gasteiger partial charge in [0.2, 0.25) is 11.8 Å². The summed E-state index contributed by atoms with van der Waals surface area (Å²) in [5.41, 5.74) is 4.22. The van der Waals surface area contributed by atoms with Gasteiger partial charge in [-0.3, -0.25) is 9.59 Å². The molecule has 3 rings (SSSR count). The van der Waals surface area contributed by atoms with Gasteiger partial charge in [-0.25, -0.2) is 0 Å². The molecule has 1 atom stereocenters. The molecule has 35 heavy (non-hydrogen) atoms. The molecule has 0 fully saturated rings. The van der Waals surface area contributed by atoms with E-state index < -0.39 is 6.04 Å². The number of hydrogen-bond donors (Lipinski definition) is 1. The van der Waals surface area contributed by atoms with Crippen molar-refractivity contribution in [2.24, 2.45) is 0 Å². The Balaban J connectivity index is 1.85. The molecule has 0 aliphatic carbocycles. The summed E-state index contributed by atoms with van der Waals surface area (Å²) in [6, 6.07) is 24.9. The van der Waals surface area contributed by atoms with Crippen LogP contribution in [0.25, 0.3) is 0 Å². The van der Waals surface area contributed by atoms with Crippen LogP contribution in [0.4, 0.5) is 0 Å². The van der Waals surface area contributed by atoms with E-state index in [2.05, 4.69) is 5.32 Å². The van der Waals surface area contributed by atoms with Gasteiger partial charge >= 0.3 is 0 Å². The zero-order chi connectivity index (χ0) is 25.2. The Morgan fingerprint density at radius 3 is 2.31 bits per heavy atom. The van der Waals surface area contributed by atoms with Crippen molar-refractivity contribution in [3.8, 4) is 0 Å². The summed E-state index contributed by atoms with van der Waals surface area (Å²) in [7, 11) is 0. The maximum Gasteiger partial charge on any atom is 0.243 e. The van der Waals surface area contributed by atoms with Crippen molar-refractivity contribution >= 4 is 35.2 Å². The van der Waals surface area contributed by atoms with Gasteiger partial charge in [0.25, 0.3) is 0 Å². The van der Waals surface area contributed by atoms with E-state index in [-0.39, 0.29) is 23.6 Å². The molecule has 2 amide bonds. The third-order valence-electron chi connectivity index (χ3n) is 5.69. The molecule has 0 aliphatic rings. The van der Waals surface area contributed by atoms with E-state index in [1.165, 1.54) is 11.8 Å². The highest BCUT2D eigenvalue weighted by Gasteiger charge is 2.30. The van der Waals surface area contributed by atoms with Crippen LogP contribution >= 0.6 is 23.4 Å². The predicted molar refractivity (Wildman–Crippen MR) is 147 cm³/mol. The second-order valence-corrected chi connectivity index (χ2v) is 10.4. The molecule has 0 spiro atoms. The van der Waals surface area contributed by atoms with E-state index in [0.717, 1.165) is 22.3 Å². The topological polar surface area (TPSA) is 49.4 Å². The highest BCUT2D eigenvalue weighted by Crippen LogP contribution is 2.21. The van der Waals surface area contributed by atoms with Gasteiger partial charge in [-0.15, -0.1) is 11.8 Å². The maximum atomic E-state index is 13.6. The van der Waals surface area contributed by atoms with Crippen molar-refractivity contribution in [1.82, 2.24) is 10.2 Å². The molecule has 0 saturated carbocycles. The number of hydrogen-bond acceptors (Lipinski definition) is 3. The van der Waals surface area contributed by atoms with E-state index >= 15 is 0 Å². The Morgan fingerprint density at radius 1 is 0.943 bits per heavy atom. The van der Waals surface area contributed by atoms with Crippen LogP contribution in [0.3, 0.4) is 0 Å². The average Bonchev–Trinajstić information content (AvgIpc) is 2.82. The minimum atomic E-state index is -0.612. The highest BCUT2D eigenvalue weighted by atomic mass is 35.5. The normalized spacial score (nSPS) is 11.8. The van der Waals surface area contributed by atoms with Crippen molar-refractivity contribution in [2.75, 3.05) is 5.75 Å². The van der Waals surface area contributed by atoms with E-state index in [1.54, 1.807) is 4.90 Å². The van der Waals surface area contributed by atoms with E-state index in [0.29, 0.717) is 23.7 Å². The summed E-state index contributed by atoms with van der Waals surface area (Å²) in [6.07, 6.45) is 0.454. The summed E-state index contributed by atoms with van der Waals surface area (Å²) in [5.74, 6) is 0.760. The molecular formula is C29H33ClN2O2S. The Bertz CT molecular complexity index is 1120. The fourth-order valence-corrected chi connectivity index (χ4v) is 4.94. The molecule has 6 heteroatoms. The van der Waals surface area contributed by atoms with Gasteiger partial charge in [-0.2, -0.15) is 0 Å². The van der Waals surface area contributed by atoms with Crippen molar-refractivity contribution in [3.05, 3.63) is 106 Å². The molecule has 184 valence electrons. The fraction of sp³-hybridized carbons (Fsp3) is 0.310. The van der Waals surface area contributed by atoms with Gasteiger partial charge in [-0.1, -0.05) is 78.3 Å². The molecule has 3 aromatic rings. The summed E-state index contributed by atoms with van der Waals surface area (Å²) < 4.78 is 0. The smallest absolute Gasteiger partial charge is 0.243 e. The van der Waals surface area contributed by atoms with Gasteiger partial charge < -0.3 is 10.2 Å². The number of benzene rings is 3. The van der Waals surface area contributed by atoms with Crippen LogP contribution in [-0.2, 0) is 28.3 Å². The largest absolute Gasteiger partial charge is 0.352 e. The van der Waals surface area contributed by atoms with Crippen LogP contribution in [0.15, 0.2) is 78.9 Å². The van der Waals surface area contributed by atoms with Crippen molar-refractivity contribution in [3.63, 3.8) is 0 Å². The number of thioether (sulfide) groups is 1. The van der Waals surface area contributed by atoms with E-state index in [9.17, 15) is 9.59 Å². The SMILES string of the molecule is Cc1ccccc1CN(C(=O)CSCc1cccc(Cl)c1)[C@@H](Cc1ccccc1)C(=O)NC(C)C. The van der Waals surface area contributed by atoms with Crippen LogP contribution in [-0.4, -0.2) is 34.6 Å². The minimum absolute atomic E-state index is 0.0200. The summed E-state index contributed by atoms with van der Waals surface area (Å²) in [4.78, 5) is 28.8. The molecule has 0 saturated heterocycles. The van der Waals surface area contributed by atoms with Crippen LogP contribution in [0.1, 0.15) is 36.1 Å². The Kier molecular flexibility index (Phi) is 10.2. The number of carbonyl (C=O) groups is 2. The van der Waals surface area contributed by atoms with Gasteiger partial charge in [0.05, 0.1) is 5.75 Å². The molecule has 0 bridgehead atoms. The Labute approximate surface area is 218 Å². The molecular weight excluding hydrogens is 476 g/mol. The number of halogens is 1. The van der Waals surface area contributed by atoms with Crippen LogP contribution < -0.4 is 5.32 Å². The second kappa shape index (κ2) is 13.4. The number of nitrogens with one attached hydrogen (secondary N) is 1. The first-order valence-corrected chi connectivity index (χ1v) is 13.4. The first kappa shape index (κ1) is 26.8. The first-order valence-electron chi connectivity index (χ1n) is 11.8. The van der Waals surface area contributed by atoms with Crippen LogP contribution in [0.2, 0.25) is 5.02 Å². The highest BCUT2D eigenvalue weighted by molar-refractivity contribution is 7.99. The monoisotopic (exact) mass is 508 g/mol. The second-order valence-electron chi connectivity index (χ2n) is 8.94. The van der Waals surface area contributed by atoms with Gasteiger partial charge in [0.1, 0.15) is 6.04 Å². The standard InChI is InChI=1S/C29H33ClN2O2S/c1-21(2)31-29(34)27(17-23-11-5-4-6-12-23)32(18-25-14-8-7-10-22(25)3)28(33)20-35-19-24-13-9-15-26(30)16-24/h4-16,21,27H,17-20H2,1-3H3,(H,31,34)/t27-/m0/s1. The van der Waals surface area contributed by atoms with Crippen LogP contribution in [0.5, 0.6) is 0 Å². The minimum Gasteiger partial charge on any atom is -0.352 e. The van der Waals surface area contributed by atoms with Gasteiger partial charge in [0.15, 0.2) is 0 Å². The van der Waals surface area contributed by atoms with Crippen LogP contribution in [0, 0.1) is 6.92 Å². The maximum absolute atomic E-state index is 13.6. The lowest BCUT2D eigenvalue weighted by molar-refractivity contribution is -0.139. The number of aryl methyl sites for hydroxylation is 1. The molecule has 0 aliphatic heterocycles. The van der Waals surface area contributed by atoms with Gasteiger partial charge in [-0.05, 0) is 55.2 Å². The average molecular weight is 509 g/mol. The number of nitrogens with zero attached hydrogens (tertiary/aromatic N) is 1. The van der Waals surface area contributed by atoms with Crippen molar-refractivity contribution < 1.29 is 9.59 Å². The quantitative estimate of drug-likeness (QED) is 0.343. The Hall–Kier alpha value is -2.76. The van der Waals surface area contributed by atoms with E-state index in [1.807, 2.05) is 99.6 Å². The zero-order valence-corrected chi connectivity index (χ0v) is 22.1. The zero-order valence-electron chi connectivity index (χ0n) is 20.5. The fourth-order valence-electron chi connectivity index (χ4n) is 3.87. The van der Waals surface area contributed by atoms with Crippen molar-refractivity contribution in [1.29, 1.82) is 0 Å². The third kappa shape index (κ3) is 8.44. The third-order valence-corrected chi connectivity index (χ3v) is 6.91. The van der Waals surface area contributed by atoms with Gasteiger partial charge in [0, 0.05) is 29.8 Å². The molecule has 3 aromatic carbocycles. The lowest BCUT2D eigenvalue weighted by atomic mass is 10.0. The Morgan fingerprint density at radius 2 is 1.63 bits per heavy atom. The lowest BCUT2D eigenvalue weighted by Gasteiger charge is -2.32. The molecule has 0 unspecified atom stereocenters. The van der Waals surface area contributed by atoms with Crippen molar-refractivity contribution in [2.45, 2.75) is 51.6 Å².